The first-order valence-electron chi connectivity index (χ1n) is 6.85. The van der Waals surface area contributed by atoms with Crippen LogP contribution in [0.5, 0.6) is 0 Å². The predicted molar refractivity (Wildman–Crippen MR) is 70.6 cm³/mol. The minimum Gasteiger partial charge on any atom is -0.468 e. The van der Waals surface area contributed by atoms with Gasteiger partial charge in [-0.3, -0.25) is 9.69 Å². The number of nitrogens with zero attached hydrogens (tertiary/aromatic N) is 1. The van der Waals surface area contributed by atoms with Gasteiger partial charge in [0.25, 0.3) is 0 Å². The first-order chi connectivity index (χ1) is 8.72. The number of nitrogens with one attached hydrogen (secondary N) is 1. The van der Waals surface area contributed by atoms with Gasteiger partial charge in [0.15, 0.2) is 0 Å². The van der Waals surface area contributed by atoms with Crippen molar-refractivity contribution in [3.8, 4) is 0 Å². The van der Waals surface area contributed by atoms with Gasteiger partial charge in [0.05, 0.1) is 20.3 Å². The van der Waals surface area contributed by atoms with Crippen LogP contribution in [0, 0.1) is 0 Å². The summed E-state index contributed by atoms with van der Waals surface area (Å²) >= 11 is 0. The van der Waals surface area contributed by atoms with Crippen LogP contribution in [-0.4, -0.2) is 62.9 Å². The molecule has 1 fully saturated rings. The summed E-state index contributed by atoms with van der Waals surface area (Å²) in [7, 11) is 1.44. The largest absolute Gasteiger partial charge is 0.468 e. The Hall–Kier alpha value is -0.650. The second-order valence-electron chi connectivity index (χ2n) is 4.60. The van der Waals surface area contributed by atoms with Crippen molar-refractivity contribution in [3.63, 3.8) is 0 Å². The number of ether oxygens (including phenoxy) is 2. The number of morpholine rings is 1. The summed E-state index contributed by atoms with van der Waals surface area (Å²) in [5.41, 5.74) is 0. The lowest BCUT2D eigenvalue weighted by Gasteiger charge is -2.35. The topological polar surface area (TPSA) is 50.8 Å². The molecule has 0 aromatic heterocycles. The Morgan fingerprint density at radius 2 is 2.33 bits per heavy atom. The predicted octanol–water partition coefficient (Wildman–Crippen LogP) is 0.638. The lowest BCUT2D eigenvalue weighted by molar-refractivity contribution is -0.143. The summed E-state index contributed by atoms with van der Waals surface area (Å²) < 4.78 is 10.3. The van der Waals surface area contributed by atoms with Crippen molar-refractivity contribution in [1.29, 1.82) is 0 Å². The minimum atomic E-state index is -0.194. The van der Waals surface area contributed by atoms with Gasteiger partial charge >= 0.3 is 5.97 Å². The molecule has 0 bridgehead atoms. The second kappa shape index (κ2) is 8.45. The van der Waals surface area contributed by atoms with Crippen LogP contribution in [-0.2, 0) is 14.3 Å². The molecular formula is C13H26N2O3. The fourth-order valence-corrected chi connectivity index (χ4v) is 2.35. The van der Waals surface area contributed by atoms with Crippen LogP contribution >= 0.6 is 0 Å². The first kappa shape index (κ1) is 15.4. The third-order valence-electron chi connectivity index (χ3n) is 3.46. The molecule has 0 spiro atoms. The molecule has 2 atom stereocenters. The monoisotopic (exact) mass is 258 g/mol. The first-order valence-corrected chi connectivity index (χ1v) is 6.85. The van der Waals surface area contributed by atoms with Gasteiger partial charge in [-0.2, -0.15) is 0 Å². The van der Waals surface area contributed by atoms with E-state index in [1.165, 1.54) is 7.11 Å². The number of carbonyl (C=O) groups excluding carboxylic acids is 1. The lowest BCUT2D eigenvalue weighted by atomic mass is 10.1. The van der Waals surface area contributed by atoms with Crippen molar-refractivity contribution in [2.75, 3.05) is 40.0 Å². The fraction of sp³-hybridized carbons (Fsp3) is 0.923. The molecule has 0 aromatic carbocycles. The van der Waals surface area contributed by atoms with E-state index in [-0.39, 0.29) is 12.0 Å². The van der Waals surface area contributed by atoms with Crippen molar-refractivity contribution in [3.05, 3.63) is 0 Å². The van der Waals surface area contributed by atoms with Crippen molar-refractivity contribution < 1.29 is 14.3 Å². The van der Waals surface area contributed by atoms with E-state index >= 15 is 0 Å². The summed E-state index contributed by atoms with van der Waals surface area (Å²) in [6.45, 7) is 8.42. The van der Waals surface area contributed by atoms with Gasteiger partial charge in [0, 0.05) is 19.1 Å². The van der Waals surface area contributed by atoms with Crippen molar-refractivity contribution in [2.24, 2.45) is 0 Å². The molecule has 0 aromatic rings. The molecule has 1 aliphatic heterocycles. The molecular weight excluding hydrogens is 232 g/mol. The van der Waals surface area contributed by atoms with Gasteiger partial charge in [-0.05, 0) is 19.4 Å². The van der Waals surface area contributed by atoms with Crippen molar-refractivity contribution in [1.82, 2.24) is 10.2 Å². The maximum atomic E-state index is 11.6. The molecule has 106 valence electrons. The highest BCUT2D eigenvalue weighted by molar-refractivity contribution is 5.75. The highest BCUT2D eigenvalue weighted by atomic mass is 16.5. The van der Waals surface area contributed by atoms with Gasteiger partial charge in [-0.1, -0.05) is 13.8 Å². The molecule has 5 nitrogen and oxygen atoms in total. The van der Waals surface area contributed by atoms with Crippen LogP contribution in [0.2, 0.25) is 0 Å². The molecule has 1 N–H and O–H groups in total. The molecule has 2 unspecified atom stereocenters. The third-order valence-corrected chi connectivity index (χ3v) is 3.46. The van der Waals surface area contributed by atoms with Gasteiger partial charge in [-0.25, -0.2) is 0 Å². The Morgan fingerprint density at radius 1 is 1.56 bits per heavy atom. The number of likely N-dealkylation sites (N-methyl/N-ethyl adjacent to an activating group) is 1. The zero-order valence-corrected chi connectivity index (χ0v) is 11.8. The Kier molecular flexibility index (Phi) is 7.23. The normalized spacial score (nSPS) is 22.7. The molecule has 1 rings (SSSR count). The van der Waals surface area contributed by atoms with Crippen LogP contribution in [0.3, 0.4) is 0 Å². The van der Waals surface area contributed by atoms with E-state index in [0.717, 1.165) is 45.7 Å². The summed E-state index contributed by atoms with van der Waals surface area (Å²) in [4.78, 5) is 14.0. The lowest BCUT2D eigenvalue weighted by Crippen LogP contribution is -2.48. The van der Waals surface area contributed by atoms with Gasteiger partial charge in [0.2, 0.25) is 0 Å². The molecule has 5 heteroatoms. The molecule has 1 aliphatic rings. The Bertz CT molecular complexity index is 248. The van der Waals surface area contributed by atoms with Gasteiger partial charge in [-0.15, -0.1) is 0 Å². The average Bonchev–Trinajstić information content (AvgIpc) is 2.42. The van der Waals surface area contributed by atoms with Gasteiger partial charge < -0.3 is 14.8 Å². The van der Waals surface area contributed by atoms with Crippen LogP contribution in [0.25, 0.3) is 0 Å². The number of esters is 1. The van der Waals surface area contributed by atoms with E-state index < -0.39 is 0 Å². The Morgan fingerprint density at radius 3 is 2.94 bits per heavy atom. The number of carbonyl (C=O) groups is 1. The van der Waals surface area contributed by atoms with Crippen molar-refractivity contribution in [2.45, 2.75) is 38.8 Å². The molecule has 0 radical (unpaired) electrons. The average molecular weight is 258 g/mol. The zero-order chi connectivity index (χ0) is 13.4. The summed E-state index contributed by atoms with van der Waals surface area (Å²) in [6.07, 6.45) is 1.88. The van der Waals surface area contributed by atoms with Crippen LogP contribution in [0.1, 0.15) is 26.7 Å². The number of hydrogen-bond acceptors (Lipinski definition) is 5. The SMILES string of the molecule is CCNC(CCN1CCOCC1CC)C(=O)OC. The molecule has 0 saturated carbocycles. The second-order valence-corrected chi connectivity index (χ2v) is 4.60. The van der Waals surface area contributed by atoms with Gasteiger partial charge in [0.1, 0.15) is 6.04 Å². The standard InChI is InChI=1S/C13H26N2O3/c1-4-11-10-18-9-8-15(11)7-6-12(14-5-2)13(16)17-3/h11-12,14H,4-10H2,1-3H3. The Labute approximate surface area is 110 Å². The molecule has 18 heavy (non-hydrogen) atoms. The molecule has 1 heterocycles. The van der Waals surface area contributed by atoms with E-state index in [0.29, 0.717) is 6.04 Å². The quantitative estimate of drug-likeness (QED) is 0.679. The van der Waals surface area contributed by atoms with E-state index in [4.69, 9.17) is 9.47 Å². The molecule has 0 amide bonds. The summed E-state index contributed by atoms with van der Waals surface area (Å²) in [5.74, 6) is -0.168. The van der Waals surface area contributed by atoms with E-state index in [1.807, 2.05) is 6.92 Å². The smallest absolute Gasteiger partial charge is 0.322 e. The highest BCUT2D eigenvalue weighted by Crippen LogP contribution is 2.11. The van der Waals surface area contributed by atoms with E-state index in [2.05, 4.69) is 17.1 Å². The van der Waals surface area contributed by atoms with Crippen molar-refractivity contribution >= 4 is 5.97 Å². The molecule has 1 saturated heterocycles. The Balaban J connectivity index is 2.42. The van der Waals surface area contributed by atoms with E-state index in [9.17, 15) is 4.79 Å². The number of rotatable bonds is 7. The summed E-state index contributed by atoms with van der Waals surface area (Å²) in [5, 5.41) is 3.17. The number of methoxy groups -OCH3 is 1. The maximum Gasteiger partial charge on any atom is 0.322 e. The zero-order valence-electron chi connectivity index (χ0n) is 11.8. The fourth-order valence-electron chi connectivity index (χ4n) is 2.35. The van der Waals surface area contributed by atoms with Crippen LogP contribution < -0.4 is 5.32 Å². The molecule has 0 aliphatic carbocycles. The van der Waals surface area contributed by atoms with E-state index in [1.54, 1.807) is 0 Å². The van der Waals surface area contributed by atoms with Crippen LogP contribution in [0.4, 0.5) is 0 Å². The number of hydrogen-bond donors (Lipinski definition) is 1. The third kappa shape index (κ3) is 4.55. The highest BCUT2D eigenvalue weighted by Gasteiger charge is 2.24. The minimum absolute atomic E-state index is 0.168. The van der Waals surface area contributed by atoms with Crippen LogP contribution in [0.15, 0.2) is 0 Å². The maximum absolute atomic E-state index is 11.6. The summed E-state index contributed by atoms with van der Waals surface area (Å²) in [6, 6.07) is 0.291.